The molecule has 0 spiro atoms. The maximum Gasteiger partial charge on any atom is 0.364 e. The third-order valence-corrected chi connectivity index (χ3v) is 1.82. The average molecular weight is 207 g/mol. The number of ether oxygens (including phenoxy) is 2. The van der Waals surface area contributed by atoms with Crippen LogP contribution in [0.5, 0.6) is 0 Å². The standard InChI is InChI=1S/C5H6Cl2F2O2/c1-3(2)10-4(6,8)5(7,9)11-3/h1-2H3. The lowest BCUT2D eigenvalue weighted by Gasteiger charge is -2.15. The van der Waals surface area contributed by atoms with Crippen LogP contribution in [0.3, 0.4) is 0 Å². The summed E-state index contributed by atoms with van der Waals surface area (Å²) in [7, 11) is 0. The van der Waals surface area contributed by atoms with Gasteiger partial charge in [-0.1, -0.05) is 0 Å². The SMILES string of the molecule is CC1(C)OC(F)(Cl)C(F)(Cl)O1. The Balaban J connectivity index is 2.89. The molecular weight excluding hydrogens is 201 g/mol. The van der Waals surface area contributed by atoms with Gasteiger partial charge in [-0.25, -0.2) is 0 Å². The van der Waals surface area contributed by atoms with Crippen molar-refractivity contribution in [3.8, 4) is 0 Å². The predicted octanol–water partition coefficient (Wildman–Crippen LogP) is 2.49. The molecule has 0 N–H and O–H groups in total. The highest BCUT2D eigenvalue weighted by atomic mass is 35.5. The fourth-order valence-corrected chi connectivity index (χ4v) is 1.21. The molecule has 1 aliphatic rings. The number of hydrogen-bond acceptors (Lipinski definition) is 2. The van der Waals surface area contributed by atoms with E-state index in [1.54, 1.807) is 0 Å². The van der Waals surface area contributed by atoms with Crippen LogP contribution in [0.1, 0.15) is 13.8 Å². The summed E-state index contributed by atoms with van der Waals surface area (Å²) in [6.45, 7) is 2.60. The minimum absolute atomic E-state index is 1.30. The van der Waals surface area contributed by atoms with E-state index in [-0.39, 0.29) is 0 Å². The average Bonchev–Trinajstić information content (AvgIpc) is 1.66. The molecule has 0 amide bonds. The Morgan fingerprint density at radius 2 is 1.27 bits per heavy atom. The maximum absolute atomic E-state index is 12.8. The Hall–Kier alpha value is 0.360. The van der Waals surface area contributed by atoms with Gasteiger partial charge < -0.3 is 0 Å². The quantitative estimate of drug-likeness (QED) is 0.568. The molecule has 1 heterocycles. The lowest BCUT2D eigenvalue weighted by atomic mass is 10.4. The third-order valence-electron chi connectivity index (χ3n) is 1.09. The van der Waals surface area contributed by atoms with Crippen molar-refractivity contribution in [1.82, 2.24) is 0 Å². The molecule has 0 aromatic rings. The molecule has 2 unspecified atom stereocenters. The molecule has 2 nitrogen and oxygen atoms in total. The zero-order valence-corrected chi connectivity index (χ0v) is 7.34. The zero-order chi connectivity index (χ0) is 8.91. The van der Waals surface area contributed by atoms with E-state index in [9.17, 15) is 8.78 Å². The van der Waals surface area contributed by atoms with Crippen molar-refractivity contribution in [3.05, 3.63) is 0 Å². The molecular formula is C5H6Cl2F2O2. The van der Waals surface area contributed by atoms with E-state index in [1.165, 1.54) is 13.8 Å². The molecule has 2 atom stereocenters. The summed E-state index contributed by atoms with van der Waals surface area (Å²) in [4.78, 5) is 0. The smallest absolute Gasteiger partial charge is 0.296 e. The van der Waals surface area contributed by atoms with E-state index in [0.717, 1.165) is 0 Å². The van der Waals surface area contributed by atoms with Gasteiger partial charge in [-0.2, -0.15) is 8.78 Å². The molecule has 0 bridgehead atoms. The fourth-order valence-electron chi connectivity index (χ4n) is 0.757. The van der Waals surface area contributed by atoms with E-state index in [2.05, 4.69) is 9.47 Å². The maximum atomic E-state index is 12.8. The normalized spacial score (nSPS) is 49.6. The van der Waals surface area contributed by atoms with Gasteiger partial charge in [-0.3, -0.25) is 9.47 Å². The highest BCUT2D eigenvalue weighted by molar-refractivity contribution is 6.32. The van der Waals surface area contributed by atoms with Crippen LogP contribution in [-0.2, 0) is 9.47 Å². The molecule has 6 heteroatoms. The second kappa shape index (κ2) is 2.19. The number of alkyl halides is 4. The van der Waals surface area contributed by atoms with Crippen molar-refractivity contribution in [2.75, 3.05) is 0 Å². The van der Waals surface area contributed by atoms with Gasteiger partial charge in [0.05, 0.1) is 0 Å². The van der Waals surface area contributed by atoms with Gasteiger partial charge >= 0.3 is 10.6 Å². The highest BCUT2D eigenvalue weighted by Crippen LogP contribution is 2.51. The van der Waals surface area contributed by atoms with Gasteiger partial charge in [0.1, 0.15) is 0 Å². The molecule has 1 aliphatic heterocycles. The molecule has 0 saturated carbocycles. The predicted molar refractivity (Wildman–Crippen MR) is 35.6 cm³/mol. The summed E-state index contributed by atoms with van der Waals surface area (Å²) in [5.41, 5.74) is 0. The van der Waals surface area contributed by atoms with Crippen molar-refractivity contribution in [3.63, 3.8) is 0 Å². The molecule has 0 aliphatic carbocycles. The molecule has 11 heavy (non-hydrogen) atoms. The fraction of sp³-hybridized carbons (Fsp3) is 1.00. The van der Waals surface area contributed by atoms with E-state index < -0.39 is 16.4 Å². The van der Waals surface area contributed by atoms with Crippen LogP contribution < -0.4 is 0 Å². The molecule has 1 rings (SSSR count). The lowest BCUT2D eigenvalue weighted by Crippen LogP contribution is -2.34. The largest absolute Gasteiger partial charge is 0.364 e. The minimum atomic E-state index is -3.13. The van der Waals surface area contributed by atoms with Crippen molar-refractivity contribution in [1.29, 1.82) is 0 Å². The minimum Gasteiger partial charge on any atom is -0.296 e. The summed E-state index contributed by atoms with van der Waals surface area (Å²) in [5.74, 6) is -1.45. The van der Waals surface area contributed by atoms with Crippen LogP contribution in [0.4, 0.5) is 8.78 Å². The topological polar surface area (TPSA) is 18.5 Å². The molecule has 1 fully saturated rings. The first-order valence-corrected chi connectivity index (χ1v) is 3.58. The first-order chi connectivity index (χ1) is 4.66. The van der Waals surface area contributed by atoms with Crippen molar-refractivity contribution >= 4 is 23.2 Å². The third kappa shape index (κ3) is 1.59. The van der Waals surface area contributed by atoms with Crippen molar-refractivity contribution in [2.24, 2.45) is 0 Å². The first-order valence-electron chi connectivity index (χ1n) is 2.82. The van der Waals surface area contributed by atoms with Gasteiger partial charge in [-0.05, 0) is 37.0 Å². The molecule has 0 radical (unpaired) electrons. The van der Waals surface area contributed by atoms with Crippen molar-refractivity contribution < 1.29 is 18.3 Å². The van der Waals surface area contributed by atoms with Crippen molar-refractivity contribution in [2.45, 2.75) is 30.3 Å². The number of rotatable bonds is 0. The first kappa shape index (κ1) is 9.45. The monoisotopic (exact) mass is 206 g/mol. The Morgan fingerprint density at radius 1 is 1.00 bits per heavy atom. The summed E-state index contributed by atoms with van der Waals surface area (Å²) >= 11 is 9.85. The summed E-state index contributed by atoms with van der Waals surface area (Å²) in [6.07, 6.45) is 0. The Bertz CT molecular complexity index is 163. The molecule has 0 aromatic carbocycles. The number of hydrogen-bond donors (Lipinski definition) is 0. The van der Waals surface area contributed by atoms with E-state index >= 15 is 0 Å². The summed E-state index contributed by atoms with van der Waals surface area (Å²) in [5, 5.41) is -6.25. The molecule has 1 saturated heterocycles. The van der Waals surface area contributed by atoms with Crippen LogP contribution in [-0.4, -0.2) is 16.4 Å². The van der Waals surface area contributed by atoms with Crippen LogP contribution in [0.2, 0.25) is 0 Å². The van der Waals surface area contributed by atoms with E-state index in [4.69, 9.17) is 23.2 Å². The Kier molecular flexibility index (Phi) is 1.88. The van der Waals surface area contributed by atoms with Crippen LogP contribution >= 0.6 is 23.2 Å². The van der Waals surface area contributed by atoms with Gasteiger partial charge in [-0.15, -0.1) is 0 Å². The van der Waals surface area contributed by atoms with Crippen LogP contribution in [0, 0.1) is 0 Å². The molecule has 0 aromatic heterocycles. The molecule has 66 valence electrons. The lowest BCUT2D eigenvalue weighted by molar-refractivity contribution is -0.176. The highest BCUT2D eigenvalue weighted by Gasteiger charge is 2.65. The Labute approximate surface area is 72.4 Å². The van der Waals surface area contributed by atoms with Gasteiger partial charge in [0, 0.05) is 0 Å². The van der Waals surface area contributed by atoms with Gasteiger partial charge in [0.25, 0.3) is 0 Å². The summed E-state index contributed by atoms with van der Waals surface area (Å²) in [6, 6.07) is 0. The van der Waals surface area contributed by atoms with E-state index in [0.29, 0.717) is 0 Å². The van der Waals surface area contributed by atoms with Gasteiger partial charge in [0.2, 0.25) is 0 Å². The van der Waals surface area contributed by atoms with Gasteiger partial charge in [0.15, 0.2) is 5.79 Å². The summed E-state index contributed by atoms with van der Waals surface area (Å²) < 4.78 is 34.2. The zero-order valence-electron chi connectivity index (χ0n) is 5.83. The second-order valence-corrected chi connectivity index (χ2v) is 3.61. The van der Waals surface area contributed by atoms with E-state index in [1.807, 2.05) is 0 Å². The Morgan fingerprint density at radius 3 is 1.36 bits per heavy atom. The van der Waals surface area contributed by atoms with Crippen LogP contribution in [0.15, 0.2) is 0 Å². The second-order valence-electron chi connectivity index (χ2n) is 2.64. The number of halogens is 4. The van der Waals surface area contributed by atoms with Crippen LogP contribution in [0.25, 0.3) is 0 Å².